The fraction of sp³-hybridized carbons (Fsp3) is 0.600. The summed E-state index contributed by atoms with van der Waals surface area (Å²) in [5.41, 5.74) is 4.18. The van der Waals surface area contributed by atoms with Crippen LogP contribution in [0.3, 0.4) is 0 Å². The minimum absolute atomic E-state index is 0.0968. The molecule has 1 amide bonds. The van der Waals surface area contributed by atoms with E-state index in [2.05, 4.69) is 31.3 Å². The molecule has 0 unspecified atom stereocenters. The molecule has 0 radical (unpaired) electrons. The Bertz CT molecular complexity index is 447. The molecule has 2 rings (SSSR count). The van der Waals surface area contributed by atoms with Gasteiger partial charge in [-0.1, -0.05) is 26.8 Å². The minimum Gasteiger partial charge on any atom is -0.266 e. The molecule has 0 aliphatic heterocycles. The molecular weight excluding hydrogens is 256 g/mol. The summed E-state index contributed by atoms with van der Waals surface area (Å²) < 4.78 is 0. The fourth-order valence-corrected chi connectivity index (χ4v) is 3.14. The Morgan fingerprint density at radius 2 is 2.05 bits per heavy atom. The first-order chi connectivity index (χ1) is 8.97. The summed E-state index contributed by atoms with van der Waals surface area (Å²) in [5, 5.41) is 6.18. The zero-order chi connectivity index (χ0) is 13.9. The van der Waals surface area contributed by atoms with Crippen LogP contribution in [-0.4, -0.2) is 11.6 Å². The molecule has 1 aliphatic carbocycles. The summed E-state index contributed by atoms with van der Waals surface area (Å²) in [6.45, 7) is 6.91. The normalized spacial score (nSPS) is 20.2. The van der Waals surface area contributed by atoms with E-state index in [-0.39, 0.29) is 5.91 Å². The number of hydrogen-bond donors (Lipinski definition) is 1. The number of nitrogens with one attached hydrogen (secondary N) is 1. The second kappa shape index (κ2) is 5.87. The molecule has 1 N–H and O–H groups in total. The average molecular weight is 278 g/mol. The molecule has 19 heavy (non-hydrogen) atoms. The van der Waals surface area contributed by atoms with Gasteiger partial charge in [0.05, 0.1) is 4.88 Å². The molecule has 1 fully saturated rings. The van der Waals surface area contributed by atoms with E-state index in [0.717, 1.165) is 24.5 Å². The number of hydrazone groups is 1. The van der Waals surface area contributed by atoms with Gasteiger partial charge in [-0.25, -0.2) is 5.43 Å². The predicted octanol–water partition coefficient (Wildman–Crippen LogP) is 4.07. The lowest BCUT2D eigenvalue weighted by Crippen LogP contribution is -2.27. The van der Waals surface area contributed by atoms with Crippen molar-refractivity contribution in [1.82, 2.24) is 5.43 Å². The third kappa shape index (κ3) is 3.90. The molecule has 1 aromatic rings. The third-order valence-electron chi connectivity index (χ3n) is 3.85. The van der Waals surface area contributed by atoms with Gasteiger partial charge in [0.1, 0.15) is 0 Å². The Hall–Kier alpha value is -1.16. The molecule has 0 saturated heterocycles. The van der Waals surface area contributed by atoms with Crippen molar-refractivity contribution in [2.75, 3.05) is 0 Å². The predicted molar refractivity (Wildman–Crippen MR) is 80.6 cm³/mol. The molecule has 104 valence electrons. The summed E-state index contributed by atoms with van der Waals surface area (Å²) in [5.74, 6) is 0.667. The van der Waals surface area contributed by atoms with E-state index in [4.69, 9.17) is 0 Å². The van der Waals surface area contributed by atoms with Crippen molar-refractivity contribution >= 4 is 23.0 Å². The molecule has 4 heteroatoms. The van der Waals surface area contributed by atoms with Crippen LogP contribution in [0.5, 0.6) is 0 Å². The van der Waals surface area contributed by atoms with Crippen molar-refractivity contribution < 1.29 is 4.79 Å². The quantitative estimate of drug-likeness (QED) is 0.814. The van der Waals surface area contributed by atoms with Gasteiger partial charge in [0.2, 0.25) is 0 Å². The van der Waals surface area contributed by atoms with Crippen molar-refractivity contribution in [3.63, 3.8) is 0 Å². The highest BCUT2D eigenvalue weighted by Crippen LogP contribution is 2.36. The molecule has 0 atom stereocenters. The van der Waals surface area contributed by atoms with Gasteiger partial charge in [-0.3, -0.25) is 4.79 Å². The Morgan fingerprint density at radius 1 is 1.37 bits per heavy atom. The number of carbonyl (C=O) groups excluding carboxylic acids is 1. The molecule has 1 aromatic heterocycles. The monoisotopic (exact) mass is 278 g/mol. The van der Waals surface area contributed by atoms with Crippen molar-refractivity contribution in [2.24, 2.45) is 16.4 Å². The third-order valence-corrected chi connectivity index (χ3v) is 4.72. The van der Waals surface area contributed by atoms with Gasteiger partial charge in [0.15, 0.2) is 0 Å². The zero-order valence-corrected chi connectivity index (χ0v) is 12.7. The van der Waals surface area contributed by atoms with Crippen LogP contribution in [0.25, 0.3) is 0 Å². The van der Waals surface area contributed by atoms with Crippen molar-refractivity contribution in [3.8, 4) is 0 Å². The Labute approximate surface area is 119 Å². The summed E-state index contributed by atoms with van der Waals surface area (Å²) in [4.78, 5) is 12.5. The lowest BCUT2D eigenvalue weighted by atomic mass is 9.72. The summed E-state index contributed by atoms with van der Waals surface area (Å²) in [6.07, 6.45) is 4.37. The van der Waals surface area contributed by atoms with Crippen LogP contribution in [0.15, 0.2) is 22.6 Å². The van der Waals surface area contributed by atoms with E-state index in [1.54, 1.807) is 0 Å². The van der Waals surface area contributed by atoms with Crippen LogP contribution in [0, 0.1) is 11.3 Å². The molecule has 0 spiro atoms. The average Bonchev–Trinajstić information content (AvgIpc) is 2.89. The van der Waals surface area contributed by atoms with E-state index >= 15 is 0 Å². The highest BCUT2D eigenvalue weighted by molar-refractivity contribution is 7.12. The summed E-state index contributed by atoms with van der Waals surface area (Å²) in [6, 6.07) is 3.69. The van der Waals surface area contributed by atoms with Crippen molar-refractivity contribution in [3.05, 3.63) is 22.4 Å². The first-order valence-electron chi connectivity index (χ1n) is 6.86. The molecular formula is C15H22N2OS. The second-order valence-electron chi connectivity index (χ2n) is 6.24. The minimum atomic E-state index is -0.0968. The van der Waals surface area contributed by atoms with E-state index in [9.17, 15) is 4.79 Å². The van der Waals surface area contributed by atoms with Gasteiger partial charge in [-0.15, -0.1) is 11.3 Å². The lowest BCUT2D eigenvalue weighted by Gasteiger charge is -2.34. The molecule has 0 bridgehead atoms. The molecule has 1 saturated carbocycles. The fourth-order valence-electron chi connectivity index (χ4n) is 2.52. The van der Waals surface area contributed by atoms with Crippen LogP contribution in [0.1, 0.15) is 56.1 Å². The number of hydrogen-bond acceptors (Lipinski definition) is 3. The van der Waals surface area contributed by atoms with Crippen LogP contribution >= 0.6 is 11.3 Å². The molecule has 3 nitrogen and oxygen atoms in total. The highest BCUT2D eigenvalue weighted by Gasteiger charge is 2.28. The van der Waals surface area contributed by atoms with Gasteiger partial charge in [0.25, 0.3) is 5.91 Å². The SMILES string of the molecule is CC(C)(C)C1CCC(=NNC(=O)c2cccs2)CC1. The first-order valence-corrected chi connectivity index (χ1v) is 7.74. The number of thiophene rings is 1. The molecule has 1 heterocycles. The van der Waals surface area contributed by atoms with Gasteiger partial charge in [-0.2, -0.15) is 5.10 Å². The van der Waals surface area contributed by atoms with Gasteiger partial charge < -0.3 is 0 Å². The maximum absolute atomic E-state index is 11.8. The number of rotatable bonds is 2. The largest absolute Gasteiger partial charge is 0.281 e. The van der Waals surface area contributed by atoms with Gasteiger partial charge >= 0.3 is 0 Å². The first kappa shape index (κ1) is 14.3. The maximum atomic E-state index is 11.8. The van der Waals surface area contributed by atoms with Crippen LogP contribution < -0.4 is 5.43 Å². The standard InChI is InChI=1S/C15H22N2OS/c1-15(2,3)11-6-8-12(9-7-11)16-17-14(18)13-5-4-10-19-13/h4-5,10-11H,6-9H2,1-3H3,(H,17,18). The number of carbonyl (C=O) groups is 1. The number of amides is 1. The molecule has 1 aliphatic rings. The topological polar surface area (TPSA) is 41.5 Å². The summed E-state index contributed by atoms with van der Waals surface area (Å²) in [7, 11) is 0. The Balaban J connectivity index is 1.85. The number of nitrogens with zero attached hydrogens (tertiary/aromatic N) is 1. The smallest absolute Gasteiger partial charge is 0.266 e. The summed E-state index contributed by atoms with van der Waals surface area (Å²) >= 11 is 1.44. The van der Waals surface area contributed by atoms with Crippen LogP contribution in [0.4, 0.5) is 0 Å². The lowest BCUT2D eigenvalue weighted by molar-refractivity contribution is 0.0958. The highest BCUT2D eigenvalue weighted by atomic mass is 32.1. The van der Waals surface area contributed by atoms with Gasteiger partial charge in [-0.05, 0) is 48.5 Å². The van der Waals surface area contributed by atoms with E-state index in [0.29, 0.717) is 10.3 Å². The van der Waals surface area contributed by atoms with Crippen LogP contribution in [-0.2, 0) is 0 Å². The van der Waals surface area contributed by atoms with Gasteiger partial charge in [0, 0.05) is 5.71 Å². The second-order valence-corrected chi connectivity index (χ2v) is 7.18. The Kier molecular flexibility index (Phi) is 4.40. The molecule has 0 aromatic carbocycles. The Morgan fingerprint density at radius 3 is 2.58 bits per heavy atom. The van der Waals surface area contributed by atoms with E-state index < -0.39 is 0 Å². The van der Waals surface area contributed by atoms with E-state index in [1.165, 1.54) is 24.2 Å². The van der Waals surface area contributed by atoms with E-state index in [1.807, 2.05) is 17.5 Å². The van der Waals surface area contributed by atoms with Crippen LogP contribution in [0.2, 0.25) is 0 Å². The van der Waals surface area contributed by atoms with Crippen molar-refractivity contribution in [1.29, 1.82) is 0 Å². The van der Waals surface area contributed by atoms with Crippen molar-refractivity contribution in [2.45, 2.75) is 46.5 Å². The maximum Gasteiger partial charge on any atom is 0.281 e. The zero-order valence-electron chi connectivity index (χ0n) is 11.9.